The highest BCUT2D eigenvalue weighted by Crippen LogP contribution is 2.25. The van der Waals surface area contributed by atoms with Gasteiger partial charge in [0.15, 0.2) is 5.76 Å². The molecule has 0 bridgehead atoms. The van der Waals surface area contributed by atoms with Crippen LogP contribution in [0.15, 0.2) is 45.5 Å². The molecule has 1 N–H and O–H groups in total. The number of furan rings is 1. The van der Waals surface area contributed by atoms with Crippen molar-refractivity contribution in [2.75, 3.05) is 0 Å². The van der Waals surface area contributed by atoms with Crippen LogP contribution in [-0.4, -0.2) is 16.0 Å². The Labute approximate surface area is 154 Å². The molecule has 2 aromatic heterocycles. The average molecular weight is 380 g/mol. The van der Waals surface area contributed by atoms with Gasteiger partial charge in [0.1, 0.15) is 0 Å². The lowest BCUT2D eigenvalue weighted by Crippen LogP contribution is -2.26. The van der Waals surface area contributed by atoms with Crippen LogP contribution in [0.25, 0.3) is 11.6 Å². The summed E-state index contributed by atoms with van der Waals surface area (Å²) in [5.41, 5.74) is 0.876. The second-order valence-electron chi connectivity index (χ2n) is 5.45. The number of aryl methyl sites for hydroxylation is 1. The fraction of sp³-hybridized carbons (Fsp3) is 0.235. The molecular formula is C17H15Cl2N3O3. The number of nitrogens with one attached hydrogen (secondary N) is 1. The van der Waals surface area contributed by atoms with E-state index in [0.29, 0.717) is 33.9 Å². The molecule has 1 amide bonds. The quantitative estimate of drug-likeness (QED) is 0.684. The van der Waals surface area contributed by atoms with E-state index in [1.54, 1.807) is 24.3 Å². The Bertz CT molecular complexity index is 862. The highest BCUT2D eigenvalue weighted by Gasteiger charge is 2.14. The first kappa shape index (κ1) is 17.5. The zero-order valence-electron chi connectivity index (χ0n) is 13.3. The van der Waals surface area contributed by atoms with E-state index in [9.17, 15) is 4.79 Å². The second kappa shape index (κ2) is 7.72. The van der Waals surface area contributed by atoms with E-state index in [1.807, 2.05) is 13.0 Å². The zero-order chi connectivity index (χ0) is 17.8. The van der Waals surface area contributed by atoms with Gasteiger partial charge in [-0.3, -0.25) is 4.79 Å². The smallest absolute Gasteiger partial charge is 0.238 e. The van der Waals surface area contributed by atoms with Gasteiger partial charge in [-0.2, -0.15) is 4.98 Å². The number of hydrogen-bond acceptors (Lipinski definition) is 5. The molecule has 0 spiro atoms. The minimum atomic E-state index is -0.191. The first-order chi connectivity index (χ1) is 12.0. The zero-order valence-corrected chi connectivity index (χ0v) is 14.8. The molecule has 8 heteroatoms. The SMILES string of the molecule is CC(NC(=O)CCc1nc(-c2ccco2)no1)c1ccc(Cl)c(Cl)c1. The summed E-state index contributed by atoms with van der Waals surface area (Å²) in [4.78, 5) is 16.3. The fourth-order valence-electron chi connectivity index (χ4n) is 2.26. The Morgan fingerprint density at radius 2 is 2.12 bits per heavy atom. The summed E-state index contributed by atoms with van der Waals surface area (Å²) in [7, 11) is 0. The van der Waals surface area contributed by atoms with E-state index in [1.165, 1.54) is 6.26 Å². The second-order valence-corrected chi connectivity index (χ2v) is 6.27. The minimum Gasteiger partial charge on any atom is -0.461 e. The number of halogens is 2. The first-order valence-electron chi connectivity index (χ1n) is 7.63. The average Bonchev–Trinajstić information content (AvgIpc) is 3.26. The molecule has 0 aliphatic carbocycles. The maximum Gasteiger partial charge on any atom is 0.238 e. The Morgan fingerprint density at radius 1 is 1.28 bits per heavy atom. The van der Waals surface area contributed by atoms with Gasteiger partial charge in [-0.25, -0.2) is 0 Å². The third-order valence-electron chi connectivity index (χ3n) is 3.60. The van der Waals surface area contributed by atoms with Crippen molar-refractivity contribution in [1.82, 2.24) is 15.5 Å². The van der Waals surface area contributed by atoms with Crippen LogP contribution in [0.1, 0.15) is 30.8 Å². The number of carbonyl (C=O) groups is 1. The third kappa shape index (κ3) is 4.41. The molecule has 25 heavy (non-hydrogen) atoms. The first-order valence-corrected chi connectivity index (χ1v) is 8.39. The molecule has 6 nitrogen and oxygen atoms in total. The summed E-state index contributed by atoms with van der Waals surface area (Å²) in [5, 5.41) is 7.66. The van der Waals surface area contributed by atoms with Crippen molar-refractivity contribution in [3.05, 3.63) is 58.1 Å². The van der Waals surface area contributed by atoms with Gasteiger partial charge in [-0.15, -0.1) is 0 Å². The molecule has 0 saturated carbocycles. The highest BCUT2D eigenvalue weighted by atomic mass is 35.5. The molecule has 3 aromatic rings. The van der Waals surface area contributed by atoms with Gasteiger partial charge in [0.25, 0.3) is 0 Å². The van der Waals surface area contributed by atoms with E-state index in [2.05, 4.69) is 15.5 Å². The molecule has 130 valence electrons. The van der Waals surface area contributed by atoms with Gasteiger partial charge in [0.2, 0.25) is 17.6 Å². The van der Waals surface area contributed by atoms with E-state index in [-0.39, 0.29) is 18.4 Å². The Kier molecular flexibility index (Phi) is 5.40. The van der Waals surface area contributed by atoms with Crippen LogP contribution in [-0.2, 0) is 11.2 Å². The van der Waals surface area contributed by atoms with E-state index < -0.39 is 0 Å². The van der Waals surface area contributed by atoms with Crippen LogP contribution in [0.4, 0.5) is 0 Å². The van der Waals surface area contributed by atoms with Crippen molar-refractivity contribution < 1.29 is 13.7 Å². The minimum absolute atomic E-state index is 0.128. The molecule has 1 aromatic carbocycles. The maximum atomic E-state index is 12.1. The molecular weight excluding hydrogens is 365 g/mol. The van der Waals surface area contributed by atoms with E-state index in [0.717, 1.165) is 5.56 Å². The number of carbonyl (C=O) groups excluding carboxylic acids is 1. The Balaban J connectivity index is 1.53. The summed E-state index contributed by atoms with van der Waals surface area (Å²) >= 11 is 11.9. The van der Waals surface area contributed by atoms with E-state index in [4.69, 9.17) is 32.1 Å². The normalized spacial score (nSPS) is 12.1. The topological polar surface area (TPSA) is 81.2 Å². The molecule has 0 fully saturated rings. The van der Waals surface area contributed by atoms with Crippen molar-refractivity contribution in [2.24, 2.45) is 0 Å². The maximum absolute atomic E-state index is 12.1. The number of aromatic nitrogens is 2. The number of nitrogens with zero attached hydrogens (tertiary/aromatic N) is 2. The summed E-state index contributed by atoms with van der Waals surface area (Å²) in [6.07, 6.45) is 2.10. The van der Waals surface area contributed by atoms with Crippen molar-refractivity contribution >= 4 is 29.1 Å². The lowest BCUT2D eigenvalue weighted by molar-refractivity contribution is -0.121. The summed E-state index contributed by atoms with van der Waals surface area (Å²) in [6, 6.07) is 8.55. The number of benzene rings is 1. The Morgan fingerprint density at radius 3 is 2.84 bits per heavy atom. The fourth-order valence-corrected chi connectivity index (χ4v) is 2.57. The van der Waals surface area contributed by atoms with Gasteiger partial charge in [-0.1, -0.05) is 34.4 Å². The number of amides is 1. The summed E-state index contributed by atoms with van der Waals surface area (Å²) in [5.74, 6) is 1.14. The van der Waals surface area contributed by atoms with Crippen molar-refractivity contribution in [1.29, 1.82) is 0 Å². The molecule has 0 aliphatic rings. The van der Waals surface area contributed by atoms with Gasteiger partial charge in [-0.05, 0) is 36.8 Å². The van der Waals surface area contributed by atoms with Gasteiger partial charge in [0, 0.05) is 12.8 Å². The predicted octanol–water partition coefficient (Wildman–Crippen LogP) is 4.45. The van der Waals surface area contributed by atoms with E-state index >= 15 is 0 Å². The van der Waals surface area contributed by atoms with Crippen LogP contribution < -0.4 is 5.32 Å². The molecule has 2 heterocycles. The van der Waals surface area contributed by atoms with Crippen LogP contribution in [0.2, 0.25) is 10.0 Å². The number of rotatable bonds is 6. The lowest BCUT2D eigenvalue weighted by atomic mass is 10.1. The monoisotopic (exact) mass is 379 g/mol. The molecule has 1 atom stereocenters. The number of hydrogen-bond donors (Lipinski definition) is 1. The Hall–Kier alpha value is -2.31. The van der Waals surface area contributed by atoms with Crippen LogP contribution in [0.3, 0.4) is 0 Å². The van der Waals surface area contributed by atoms with Crippen LogP contribution >= 0.6 is 23.2 Å². The van der Waals surface area contributed by atoms with Crippen molar-refractivity contribution in [3.63, 3.8) is 0 Å². The molecule has 1 unspecified atom stereocenters. The van der Waals surface area contributed by atoms with Crippen LogP contribution in [0.5, 0.6) is 0 Å². The van der Waals surface area contributed by atoms with Gasteiger partial charge < -0.3 is 14.3 Å². The van der Waals surface area contributed by atoms with Crippen molar-refractivity contribution in [2.45, 2.75) is 25.8 Å². The molecule has 0 saturated heterocycles. The summed E-state index contributed by atoms with van der Waals surface area (Å²) < 4.78 is 10.3. The standard InChI is InChI=1S/C17H15Cl2N3O3/c1-10(11-4-5-12(18)13(19)9-11)20-15(23)6-7-16-21-17(22-25-16)14-3-2-8-24-14/h2-5,8-10H,6-7H2,1H3,(H,20,23). The molecule has 0 radical (unpaired) electrons. The van der Waals surface area contributed by atoms with Gasteiger partial charge >= 0.3 is 0 Å². The van der Waals surface area contributed by atoms with Gasteiger partial charge in [0.05, 0.1) is 22.4 Å². The highest BCUT2D eigenvalue weighted by molar-refractivity contribution is 6.42. The largest absolute Gasteiger partial charge is 0.461 e. The van der Waals surface area contributed by atoms with Crippen molar-refractivity contribution in [3.8, 4) is 11.6 Å². The molecule has 0 aliphatic heterocycles. The van der Waals surface area contributed by atoms with Crippen LogP contribution in [0, 0.1) is 0 Å². The predicted molar refractivity (Wildman–Crippen MR) is 93.3 cm³/mol. The summed E-state index contributed by atoms with van der Waals surface area (Å²) in [6.45, 7) is 1.87. The lowest BCUT2D eigenvalue weighted by Gasteiger charge is -2.14. The third-order valence-corrected chi connectivity index (χ3v) is 4.34. The molecule has 3 rings (SSSR count).